The van der Waals surface area contributed by atoms with Gasteiger partial charge in [0.15, 0.2) is 0 Å². The van der Waals surface area contributed by atoms with Gasteiger partial charge in [0.05, 0.1) is 26.5 Å². The molecule has 120 valence electrons. The number of methoxy groups -OCH3 is 1. The van der Waals surface area contributed by atoms with Crippen molar-refractivity contribution in [2.24, 2.45) is 0 Å². The summed E-state index contributed by atoms with van der Waals surface area (Å²) in [5.41, 5.74) is 0.785. The minimum Gasteiger partial charge on any atom is -0.496 e. The second-order valence-corrected chi connectivity index (χ2v) is 4.65. The first-order valence-corrected chi connectivity index (χ1v) is 7.07. The molecule has 6 nitrogen and oxygen atoms in total. The molecule has 2 rings (SSSR count). The van der Waals surface area contributed by atoms with Crippen molar-refractivity contribution in [3.05, 3.63) is 60.1 Å². The number of amides is 2. The van der Waals surface area contributed by atoms with Crippen LogP contribution in [0.1, 0.15) is 11.3 Å². The van der Waals surface area contributed by atoms with Crippen LogP contribution in [-0.2, 0) is 16.1 Å². The second kappa shape index (κ2) is 8.43. The van der Waals surface area contributed by atoms with Gasteiger partial charge in [-0.25, -0.2) is 0 Å². The van der Waals surface area contributed by atoms with Crippen LogP contribution in [0.4, 0.5) is 0 Å². The fourth-order valence-electron chi connectivity index (χ4n) is 1.86. The SMILES string of the molecule is COc1ccccc1/C=C/C(=O)NCC(=O)NCc1ccco1. The lowest BCUT2D eigenvalue weighted by atomic mass is 10.2. The molecular weight excluding hydrogens is 296 g/mol. The highest BCUT2D eigenvalue weighted by Crippen LogP contribution is 2.18. The summed E-state index contributed by atoms with van der Waals surface area (Å²) in [7, 11) is 1.57. The predicted octanol–water partition coefficient (Wildman–Crippen LogP) is 1.73. The molecule has 0 bridgehead atoms. The summed E-state index contributed by atoms with van der Waals surface area (Å²) < 4.78 is 10.3. The zero-order chi connectivity index (χ0) is 16.5. The number of carbonyl (C=O) groups is 2. The third-order valence-corrected chi connectivity index (χ3v) is 3.02. The maximum Gasteiger partial charge on any atom is 0.244 e. The van der Waals surface area contributed by atoms with Crippen LogP contribution in [0, 0.1) is 0 Å². The van der Waals surface area contributed by atoms with E-state index in [1.807, 2.05) is 18.2 Å². The van der Waals surface area contributed by atoms with Gasteiger partial charge in [0.2, 0.25) is 11.8 Å². The topological polar surface area (TPSA) is 80.6 Å². The Bertz CT molecular complexity index is 678. The van der Waals surface area contributed by atoms with Crippen molar-refractivity contribution in [3.8, 4) is 5.75 Å². The van der Waals surface area contributed by atoms with Gasteiger partial charge in [-0.3, -0.25) is 9.59 Å². The Morgan fingerprint density at radius 2 is 2.00 bits per heavy atom. The molecule has 23 heavy (non-hydrogen) atoms. The van der Waals surface area contributed by atoms with Gasteiger partial charge in [-0.1, -0.05) is 18.2 Å². The average molecular weight is 314 g/mol. The van der Waals surface area contributed by atoms with Crippen LogP contribution in [-0.4, -0.2) is 25.5 Å². The lowest BCUT2D eigenvalue weighted by Crippen LogP contribution is -2.35. The predicted molar refractivity (Wildman–Crippen MR) is 85.6 cm³/mol. The van der Waals surface area contributed by atoms with Crippen molar-refractivity contribution < 1.29 is 18.7 Å². The Labute approximate surface area is 134 Å². The van der Waals surface area contributed by atoms with Crippen LogP contribution >= 0.6 is 0 Å². The highest BCUT2D eigenvalue weighted by Gasteiger charge is 2.04. The highest BCUT2D eigenvalue weighted by molar-refractivity contribution is 5.94. The Balaban J connectivity index is 1.76. The zero-order valence-electron chi connectivity index (χ0n) is 12.7. The summed E-state index contributed by atoms with van der Waals surface area (Å²) in [5.74, 6) is 0.679. The Hall–Kier alpha value is -3.02. The molecule has 0 atom stereocenters. The molecule has 0 aliphatic rings. The number of carbonyl (C=O) groups excluding carboxylic acids is 2. The quantitative estimate of drug-likeness (QED) is 0.763. The smallest absolute Gasteiger partial charge is 0.244 e. The summed E-state index contributed by atoms with van der Waals surface area (Å²) in [6.45, 7) is 0.189. The third-order valence-electron chi connectivity index (χ3n) is 3.02. The van der Waals surface area contributed by atoms with Crippen LogP contribution in [0.3, 0.4) is 0 Å². The number of furan rings is 1. The van der Waals surface area contributed by atoms with E-state index < -0.39 is 0 Å². The number of hydrogen-bond acceptors (Lipinski definition) is 4. The van der Waals surface area contributed by atoms with E-state index in [1.54, 1.807) is 31.4 Å². The van der Waals surface area contributed by atoms with Gasteiger partial charge >= 0.3 is 0 Å². The molecule has 0 fully saturated rings. The maximum absolute atomic E-state index is 11.7. The summed E-state index contributed by atoms with van der Waals surface area (Å²) in [6.07, 6.45) is 4.53. The van der Waals surface area contributed by atoms with Gasteiger partial charge in [0.25, 0.3) is 0 Å². The van der Waals surface area contributed by atoms with Gasteiger partial charge in [-0.2, -0.15) is 0 Å². The second-order valence-electron chi connectivity index (χ2n) is 4.65. The van der Waals surface area contributed by atoms with E-state index in [0.717, 1.165) is 5.56 Å². The highest BCUT2D eigenvalue weighted by atomic mass is 16.5. The zero-order valence-corrected chi connectivity index (χ0v) is 12.7. The fourth-order valence-corrected chi connectivity index (χ4v) is 1.86. The van der Waals surface area contributed by atoms with Crippen LogP contribution in [0.5, 0.6) is 5.75 Å². The molecule has 0 saturated carbocycles. The van der Waals surface area contributed by atoms with Crippen molar-refractivity contribution in [3.63, 3.8) is 0 Å². The van der Waals surface area contributed by atoms with Crippen LogP contribution in [0.2, 0.25) is 0 Å². The van der Waals surface area contributed by atoms with Crippen molar-refractivity contribution >= 4 is 17.9 Å². The lowest BCUT2D eigenvalue weighted by molar-refractivity contribution is -0.124. The first kappa shape index (κ1) is 16.4. The number of para-hydroxylation sites is 1. The molecule has 1 aromatic heterocycles. The molecule has 1 aromatic carbocycles. The van der Waals surface area contributed by atoms with Crippen molar-refractivity contribution in [2.45, 2.75) is 6.54 Å². The minimum atomic E-state index is -0.357. The first-order valence-electron chi connectivity index (χ1n) is 7.07. The van der Waals surface area contributed by atoms with E-state index in [2.05, 4.69) is 10.6 Å². The van der Waals surface area contributed by atoms with E-state index in [9.17, 15) is 9.59 Å². The first-order chi connectivity index (χ1) is 11.2. The Morgan fingerprint density at radius 1 is 1.17 bits per heavy atom. The molecule has 6 heteroatoms. The van der Waals surface area contributed by atoms with Crippen LogP contribution in [0.25, 0.3) is 6.08 Å². The average Bonchev–Trinajstić information content (AvgIpc) is 3.10. The van der Waals surface area contributed by atoms with Gasteiger partial charge < -0.3 is 19.8 Å². The van der Waals surface area contributed by atoms with Crippen molar-refractivity contribution in [1.29, 1.82) is 0 Å². The largest absolute Gasteiger partial charge is 0.496 e. The molecule has 0 saturated heterocycles. The maximum atomic E-state index is 11.7. The number of ether oxygens (including phenoxy) is 1. The fraction of sp³-hybridized carbons (Fsp3) is 0.176. The van der Waals surface area contributed by atoms with E-state index in [-0.39, 0.29) is 18.4 Å². The summed E-state index contributed by atoms with van der Waals surface area (Å²) in [5, 5.41) is 5.15. The molecule has 0 aliphatic heterocycles. The van der Waals surface area contributed by atoms with Crippen LogP contribution in [0.15, 0.2) is 53.2 Å². The van der Waals surface area contributed by atoms with Gasteiger partial charge in [0.1, 0.15) is 11.5 Å². The molecule has 0 unspecified atom stereocenters. The van der Waals surface area contributed by atoms with Crippen LogP contribution < -0.4 is 15.4 Å². The Kier molecular flexibility index (Phi) is 5.99. The number of nitrogens with one attached hydrogen (secondary N) is 2. The minimum absolute atomic E-state index is 0.101. The van der Waals surface area contributed by atoms with Gasteiger partial charge in [0, 0.05) is 11.6 Å². The molecule has 1 heterocycles. The van der Waals surface area contributed by atoms with E-state index in [0.29, 0.717) is 18.1 Å². The van der Waals surface area contributed by atoms with Gasteiger partial charge in [-0.05, 0) is 24.3 Å². The Morgan fingerprint density at radius 3 is 2.74 bits per heavy atom. The normalized spacial score (nSPS) is 10.5. The summed E-state index contributed by atoms with van der Waals surface area (Å²) >= 11 is 0. The molecule has 0 radical (unpaired) electrons. The van der Waals surface area contributed by atoms with Gasteiger partial charge in [-0.15, -0.1) is 0 Å². The number of rotatable bonds is 7. The lowest BCUT2D eigenvalue weighted by Gasteiger charge is -2.05. The van der Waals surface area contributed by atoms with E-state index in [1.165, 1.54) is 12.3 Å². The molecule has 0 spiro atoms. The van der Waals surface area contributed by atoms with Crippen molar-refractivity contribution in [2.75, 3.05) is 13.7 Å². The number of hydrogen-bond donors (Lipinski definition) is 2. The summed E-state index contributed by atoms with van der Waals surface area (Å²) in [6, 6.07) is 10.8. The molecule has 0 aliphatic carbocycles. The molecule has 2 N–H and O–H groups in total. The molecule has 2 amide bonds. The summed E-state index contributed by atoms with van der Waals surface area (Å²) in [4.78, 5) is 23.3. The standard InChI is InChI=1S/C17H18N2O4/c1-22-15-7-3-2-5-13(15)8-9-16(20)19-12-17(21)18-11-14-6-4-10-23-14/h2-10H,11-12H2,1H3,(H,18,21)(H,19,20)/b9-8+. The molecule has 2 aromatic rings. The molecular formula is C17H18N2O4. The van der Waals surface area contributed by atoms with E-state index in [4.69, 9.17) is 9.15 Å². The third kappa shape index (κ3) is 5.35. The van der Waals surface area contributed by atoms with E-state index >= 15 is 0 Å². The monoisotopic (exact) mass is 314 g/mol. The number of benzene rings is 1. The van der Waals surface area contributed by atoms with Crippen molar-refractivity contribution in [1.82, 2.24) is 10.6 Å².